The fraction of sp³-hybridized carbons (Fsp3) is 0.364. The lowest BCUT2D eigenvalue weighted by molar-refractivity contribution is 0.0785. The average molecular weight is 380 g/mol. The number of carbonyl (C=O) groups is 1. The fourth-order valence-corrected chi connectivity index (χ4v) is 3.81. The minimum absolute atomic E-state index is 0.0130. The predicted molar refractivity (Wildman–Crippen MR) is 107 cm³/mol. The van der Waals surface area contributed by atoms with E-state index in [1.165, 1.54) is 12.1 Å². The highest BCUT2D eigenvalue weighted by atomic mass is 19.1. The van der Waals surface area contributed by atoms with E-state index in [2.05, 4.69) is 16.8 Å². The molecule has 1 aliphatic heterocycles. The third kappa shape index (κ3) is 3.52. The van der Waals surface area contributed by atoms with E-state index in [1.807, 2.05) is 40.7 Å². The molecule has 2 aromatic heterocycles. The minimum Gasteiger partial charge on any atom is -0.337 e. The lowest BCUT2D eigenvalue weighted by Gasteiger charge is -2.25. The van der Waals surface area contributed by atoms with Crippen LogP contribution in [0.3, 0.4) is 0 Å². The summed E-state index contributed by atoms with van der Waals surface area (Å²) in [6, 6.07) is 12.5. The zero-order chi connectivity index (χ0) is 19.7. The molecule has 3 aromatic rings. The zero-order valence-corrected chi connectivity index (χ0v) is 16.3. The topological polar surface area (TPSA) is 40.9 Å². The first-order chi connectivity index (χ1) is 13.5. The fourth-order valence-electron chi connectivity index (χ4n) is 3.81. The Kier molecular flexibility index (Phi) is 5.13. The van der Waals surface area contributed by atoms with E-state index >= 15 is 0 Å². The van der Waals surface area contributed by atoms with Gasteiger partial charge >= 0.3 is 0 Å². The second-order valence-electron chi connectivity index (χ2n) is 7.48. The molecule has 1 saturated heterocycles. The van der Waals surface area contributed by atoms with Crippen molar-refractivity contribution in [2.75, 3.05) is 20.1 Å². The quantitative estimate of drug-likeness (QED) is 0.674. The van der Waals surface area contributed by atoms with Crippen LogP contribution >= 0.6 is 0 Å². The van der Waals surface area contributed by atoms with Crippen molar-refractivity contribution in [3.8, 4) is 0 Å². The first-order valence-electron chi connectivity index (χ1n) is 9.75. The van der Waals surface area contributed by atoms with Gasteiger partial charge in [-0.15, -0.1) is 0 Å². The SMILES string of the molecule is C[C@H](c1ccc(F)cc1)N(C)Cc1c(C(=O)N2CCCC2)nc2ccccn12. The summed E-state index contributed by atoms with van der Waals surface area (Å²) in [5.74, 6) is -0.224. The Bertz CT molecular complexity index is 976. The Hall–Kier alpha value is -2.73. The number of likely N-dealkylation sites (tertiary alicyclic amines) is 1. The van der Waals surface area contributed by atoms with Crippen LogP contribution in [0.5, 0.6) is 0 Å². The molecule has 0 spiro atoms. The number of pyridine rings is 1. The Morgan fingerprint density at radius 3 is 2.61 bits per heavy atom. The Balaban J connectivity index is 1.65. The number of hydrogen-bond acceptors (Lipinski definition) is 3. The van der Waals surface area contributed by atoms with E-state index in [0.29, 0.717) is 12.2 Å². The van der Waals surface area contributed by atoms with Gasteiger partial charge in [0, 0.05) is 31.9 Å². The predicted octanol–water partition coefficient (Wildman–Crippen LogP) is 3.90. The summed E-state index contributed by atoms with van der Waals surface area (Å²) in [7, 11) is 2.01. The van der Waals surface area contributed by atoms with Crippen LogP contribution in [0.25, 0.3) is 5.65 Å². The smallest absolute Gasteiger partial charge is 0.274 e. The van der Waals surface area contributed by atoms with E-state index in [4.69, 9.17) is 0 Å². The number of imidazole rings is 1. The number of aromatic nitrogens is 2. The van der Waals surface area contributed by atoms with Crippen molar-refractivity contribution in [3.05, 3.63) is 71.4 Å². The van der Waals surface area contributed by atoms with Gasteiger partial charge in [0.15, 0.2) is 5.69 Å². The molecule has 28 heavy (non-hydrogen) atoms. The van der Waals surface area contributed by atoms with Gasteiger partial charge in [0.05, 0.1) is 5.69 Å². The lowest BCUT2D eigenvalue weighted by atomic mass is 10.1. The van der Waals surface area contributed by atoms with E-state index in [-0.39, 0.29) is 17.8 Å². The molecule has 1 aliphatic rings. The van der Waals surface area contributed by atoms with Gasteiger partial charge in [0.2, 0.25) is 0 Å². The zero-order valence-electron chi connectivity index (χ0n) is 16.3. The molecule has 0 N–H and O–H groups in total. The molecule has 146 valence electrons. The first-order valence-corrected chi connectivity index (χ1v) is 9.75. The number of benzene rings is 1. The van der Waals surface area contributed by atoms with Crippen molar-refractivity contribution in [2.24, 2.45) is 0 Å². The van der Waals surface area contributed by atoms with Crippen molar-refractivity contribution in [2.45, 2.75) is 32.4 Å². The van der Waals surface area contributed by atoms with Crippen LogP contribution in [0.15, 0.2) is 48.7 Å². The molecule has 0 bridgehead atoms. The standard InChI is InChI=1S/C22H25FN4O/c1-16(17-8-10-18(23)11-9-17)25(2)15-19-21(22(28)26-12-5-6-13-26)24-20-7-3-4-14-27(19)20/h3-4,7-11,14,16H,5-6,12-13,15H2,1-2H3/t16-/m1/s1. The van der Waals surface area contributed by atoms with Crippen molar-refractivity contribution < 1.29 is 9.18 Å². The molecule has 3 heterocycles. The largest absolute Gasteiger partial charge is 0.337 e. The Morgan fingerprint density at radius 2 is 1.89 bits per heavy atom. The first kappa shape index (κ1) is 18.6. The van der Waals surface area contributed by atoms with E-state index < -0.39 is 0 Å². The van der Waals surface area contributed by atoms with Gasteiger partial charge in [0.1, 0.15) is 11.5 Å². The number of nitrogens with zero attached hydrogens (tertiary/aromatic N) is 4. The summed E-state index contributed by atoms with van der Waals surface area (Å²) in [6.07, 6.45) is 4.06. The van der Waals surface area contributed by atoms with E-state index in [0.717, 1.165) is 42.8 Å². The summed E-state index contributed by atoms with van der Waals surface area (Å²) in [5.41, 5.74) is 3.24. The summed E-state index contributed by atoms with van der Waals surface area (Å²) in [6.45, 7) is 4.25. The van der Waals surface area contributed by atoms with Crippen molar-refractivity contribution >= 4 is 11.6 Å². The van der Waals surface area contributed by atoms with Crippen LogP contribution in [0.4, 0.5) is 4.39 Å². The molecule has 0 radical (unpaired) electrons. The Morgan fingerprint density at radius 1 is 1.18 bits per heavy atom. The normalized spacial score (nSPS) is 15.5. The second-order valence-corrected chi connectivity index (χ2v) is 7.48. The molecule has 5 nitrogen and oxygen atoms in total. The highest BCUT2D eigenvalue weighted by Crippen LogP contribution is 2.24. The summed E-state index contributed by atoms with van der Waals surface area (Å²) >= 11 is 0. The van der Waals surface area contributed by atoms with Crippen molar-refractivity contribution in [3.63, 3.8) is 0 Å². The van der Waals surface area contributed by atoms with Gasteiger partial charge in [-0.05, 0) is 56.6 Å². The Labute approximate surface area is 164 Å². The van der Waals surface area contributed by atoms with Gasteiger partial charge in [-0.25, -0.2) is 9.37 Å². The number of fused-ring (bicyclic) bond motifs is 1. The number of halogens is 1. The number of hydrogen-bond donors (Lipinski definition) is 0. The molecule has 0 unspecified atom stereocenters. The maximum atomic E-state index is 13.3. The minimum atomic E-state index is -0.237. The molecule has 1 aromatic carbocycles. The maximum absolute atomic E-state index is 13.3. The lowest BCUT2D eigenvalue weighted by Crippen LogP contribution is -2.30. The second kappa shape index (κ2) is 7.72. The van der Waals surface area contributed by atoms with Gasteiger partial charge in [-0.2, -0.15) is 0 Å². The summed E-state index contributed by atoms with van der Waals surface area (Å²) < 4.78 is 15.3. The monoisotopic (exact) mass is 380 g/mol. The molecule has 1 fully saturated rings. The molecular formula is C22H25FN4O. The van der Waals surface area contributed by atoms with Crippen LogP contribution in [-0.4, -0.2) is 45.2 Å². The van der Waals surface area contributed by atoms with Crippen LogP contribution in [-0.2, 0) is 6.54 Å². The molecule has 4 rings (SSSR count). The van der Waals surface area contributed by atoms with Crippen molar-refractivity contribution in [1.82, 2.24) is 19.2 Å². The molecule has 6 heteroatoms. The van der Waals surface area contributed by atoms with Crippen LogP contribution in [0, 0.1) is 5.82 Å². The third-order valence-electron chi connectivity index (χ3n) is 5.64. The number of amides is 1. The van der Waals surface area contributed by atoms with E-state index in [1.54, 1.807) is 12.1 Å². The third-order valence-corrected chi connectivity index (χ3v) is 5.64. The van der Waals surface area contributed by atoms with Gasteiger partial charge in [-0.1, -0.05) is 18.2 Å². The van der Waals surface area contributed by atoms with Gasteiger partial charge in [0.25, 0.3) is 5.91 Å². The number of carbonyl (C=O) groups excluding carboxylic acids is 1. The van der Waals surface area contributed by atoms with Crippen molar-refractivity contribution in [1.29, 1.82) is 0 Å². The van der Waals surface area contributed by atoms with Gasteiger partial charge in [-0.3, -0.25) is 9.69 Å². The molecular weight excluding hydrogens is 355 g/mol. The summed E-state index contributed by atoms with van der Waals surface area (Å²) in [4.78, 5) is 21.8. The average Bonchev–Trinajstić information content (AvgIpc) is 3.36. The molecule has 0 aliphatic carbocycles. The van der Waals surface area contributed by atoms with Crippen LogP contribution in [0.2, 0.25) is 0 Å². The number of rotatable bonds is 5. The molecule has 1 atom stereocenters. The maximum Gasteiger partial charge on any atom is 0.274 e. The molecule has 1 amide bonds. The van der Waals surface area contributed by atoms with Crippen LogP contribution in [0.1, 0.15) is 47.6 Å². The van der Waals surface area contributed by atoms with E-state index in [9.17, 15) is 9.18 Å². The van der Waals surface area contributed by atoms with Crippen LogP contribution < -0.4 is 0 Å². The van der Waals surface area contributed by atoms with Gasteiger partial charge < -0.3 is 9.30 Å². The highest BCUT2D eigenvalue weighted by Gasteiger charge is 2.27. The highest BCUT2D eigenvalue weighted by molar-refractivity contribution is 5.94. The summed E-state index contributed by atoms with van der Waals surface area (Å²) in [5, 5.41) is 0. The molecule has 0 saturated carbocycles.